The van der Waals surface area contributed by atoms with Gasteiger partial charge in [0.1, 0.15) is 5.82 Å². The maximum Gasteiger partial charge on any atom is 0.254 e. The molecule has 2 N–H and O–H groups in total. The SMILES string of the molecule is Cc1cc(F)ccc1C(=O)N1CCC[C@@H](N)C1.Cl. The number of amides is 1. The topological polar surface area (TPSA) is 46.3 Å². The highest BCUT2D eigenvalue weighted by Gasteiger charge is 2.23. The lowest BCUT2D eigenvalue weighted by Crippen LogP contribution is -2.45. The minimum Gasteiger partial charge on any atom is -0.337 e. The summed E-state index contributed by atoms with van der Waals surface area (Å²) in [6, 6.07) is 4.32. The van der Waals surface area contributed by atoms with Gasteiger partial charge in [-0.2, -0.15) is 0 Å². The highest BCUT2D eigenvalue weighted by molar-refractivity contribution is 5.95. The summed E-state index contributed by atoms with van der Waals surface area (Å²) >= 11 is 0. The van der Waals surface area contributed by atoms with Gasteiger partial charge in [-0.15, -0.1) is 12.4 Å². The molecule has 0 radical (unpaired) electrons. The molecule has 0 saturated carbocycles. The molecular formula is C13H18ClFN2O. The van der Waals surface area contributed by atoms with Crippen LogP contribution in [0.5, 0.6) is 0 Å². The van der Waals surface area contributed by atoms with E-state index < -0.39 is 0 Å². The monoisotopic (exact) mass is 272 g/mol. The van der Waals surface area contributed by atoms with Gasteiger partial charge in [0, 0.05) is 24.7 Å². The number of likely N-dealkylation sites (tertiary alicyclic amines) is 1. The highest BCUT2D eigenvalue weighted by atomic mass is 35.5. The van der Waals surface area contributed by atoms with E-state index in [1.54, 1.807) is 17.9 Å². The molecule has 0 spiro atoms. The maximum atomic E-state index is 13.0. The van der Waals surface area contributed by atoms with Gasteiger partial charge in [0.15, 0.2) is 0 Å². The van der Waals surface area contributed by atoms with Crippen LogP contribution in [0.25, 0.3) is 0 Å². The number of benzene rings is 1. The molecule has 1 aromatic carbocycles. The molecule has 2 rings (SSSR count). The van der Waals surface area contributed by atoms with Crippen molar-refractivity contribution in [1.82, 2.24) is 4.90 Å². The number of carbonyl (C=O) groups excluding carboxylic acids is 1. The van der Waals surface area contributed by atoms with Crippen molar-refractivity contribution >= 4 is 18.3 Å². The summed E-state index contributed by atoms with van der Waals surface area (Å²) < 4.78 is 13.0. The number of nitrogens with two attached hydrogens (primary N) is 1. The first-order valence-electron chi connectivity index (χ1n) is 5.89. The van der Waals surface area contributed by atoms with Gasteiger partial charge in [-0.1, -0.05) is 0 Å². The first kappa shape index (κ1) is 14.9. The Labute approximate surface area is 113 Å². The smallest absolute Gasteiger partial charge is 0.254 e. The lowest BCUT2D eigenvalue weighted by molar-refractivity contribution is 0.0708. The van der Waals surface area contributed by atoms with Gasteiger partial charge in [0.2, 0.25) is 0 Å². The molecule has 3 nitrogen and oxygen atoms in total. The molecule has 18 heavy (non-hydrogen) atoms. The van der Waals surface area contributed by atoms with Crippen LogP contribution in [0.15, 0.2) is 18.2 Å². The molecule has 1 fully saturated rings. The number of nitrogens with zero attached hydrogens (tertiary/aromatic N) is 1. The van der Waals surface area contributed by atoms with Gasteiger partial charge in [-0.05, 0) is 43.5 Å². The second-order valence-corrected chi connectivity index (χ2v) is 4.61. The van der Waals surface area contributed by atoms with Crippen LogP contribution >= 0.6 is 12.4 Å². The summed E-state index contributed by atoms with van der Waals surface area (Å²) in [7, 11) is 0. The van der Waals surface area contributed by atoms with Crippen molar-refractivity contribution in [2.75, 3.05) is 13.1 Å². The average molecular weight is 273 g/mol. The minimum atomic E-state index is -0.311. The lowest BCUT2D eigenvalue weighted by atomic mass is 10.0. The number of piperidine rings is 1. The van der Waals surface area contributed by atoms with E-state index in [1.807, 2.05) is 0 Å². The molecule has 1 aliphatic rings. The Morgan fingerprint density at radius 1 is 1.50 bits per heavy atom. The molecule has 1 aliphatic heterocycles. The summed E-state index contributed by atoms with van der Waals surface area (Å²) in [5, 5.41) is 0. The molecular weight excluding hydrogens is 255 g/mol. The molecule has 0 aliphatic carbocycles. The highest BCUT2D eigenvalue weighted by Crippen LogP contribution is 2.16. The maximum absolute atomic E-state index is 13.0. The first-order chi connectivity index (χ1) is 8.08. The van der Waals surface area contributed by atoms with Gasteiger partial charge in [-0.25, -0.2) is 4.39 Å². The van der Waals surface area contributed by atoms with Crippen molar-refractivity contribution < 1.29 is 9.18 Å². The Morgan fingerprint density at radius 3 is 2.83 bits per heavy atom. The summed E-state index contributed by atoms with van der Waals surface area (Å²) in [6.07, 6.45) is 1.90. The van der Waals surface area contributed by atoms with E-state index in [1.165, 1.54) is 12.1 Å². The zero-order chi connectivity index (χ0) is 12.4. The summed E-state index contributed by atoms with van der Waals surface area (Å²) in [4.78, 5) is 14.0. The molecule has 1 atom stereocenters. The van der Waals surface area contributed by atoms with Gasteiger partial charge in [-0.3, -0.25) is 4.79 Å². The molecule has 5 heteroatoms. The number of halogens is 2. The number of carbonyl (C=O) groups is 1. The normalized spacial score (nSPS) is 19.3. The van der Waals surface area contributed by atoms with E-state index in [-0.39, 0.29) is 30.2 Å². The third-order valence-electron chi connectivity index (χ3n) is 3.16. The van der Waals surface area contributed by atoms with Crippen molar-refractivity contribution in [3.63, 3.8) is 0 Å². The van der Waals surface area contributed by atoms with Crippen molar-refractivity contribution in [3.05, 3.63) is 35.1 Å². The predicted molar refractivity (Wildman–Crippen MR) is 71.5 cm³/mol. The summed E-state index contributed by atoms with van der Waals surface area (Å²) in [5.74, 6) is -0.355. The van der Waals surface area contributed by atoms with Crippen LogP contribution < -0.4 is 5.73 Å². The van der Waals surface area contributed by atoms with Gasteiger partial charge < -0.3 is 10.6 Å². The number of hydrogen-bond donors (Lipinski definition) is 1. The number of rotatable bonds is 1. The number of aryl methyl sites for hydroxylation is 1. The standard InChI is InChI=1S/C13H17FN2O.ClH/c1-9-7-10(14)4-5-12(9)13(17)16-6-2-3-11(15)8-16;/h4-5,7,11H,2-3,6,8,15H2,1H3;1H/t11-;/m1./s1. The van der Waals surface area contributed by atoms with Crippen LogP contribution in [-0.2, 0) is 0 Å². The summed E-state index contributed by atoms with van der Waals surface area (Å²) in [6.45, 7) is 3.08. The molecule has 0 bridgehead atoms. The van der Waals surface area contributed by atoms with Crippen LogP contribution in [0.2, 0.25) is 0 Å². The minimum absolute atomic E-state index is 0. The zero-order valence-corrected chi connectivity index (χ0v) is 11.2. The van der Waals surface area contributed by atoms with Crippen LogP contribution in [0, 0.1) is 12.7 Å². The van der Waals surface area contributed by atoms with E-state index in [2.05, 4.69) is 0 Å². The van der Waals surface area contributed by atoms with E-state index in [0.29, 0.717) is 17.7 Å². The van der Waals surface area contributed by atoms with Crippen LogP contribution in [-0.4, -0.2) is 29.9 Å². The number of hydrogen-bond acceptors (Lipinski definition) is 2. The largest absolute Gasteiger partial charge is 0.337 e. The fraction of sp³-hybridized carbons (Fsp3) is 0.462. The fourth-order valence-electron chi connectivity index (χ4n) is 2.23. The Balaban J connectivity index is 0.00000162. The van der Waals surface area contributed by atoms with Crippen LogP contribution in [0.3, 0.4) is 0 Å². The third-order valence-corrected chi connectivity index (χ3v) is 3.16. The Kier molecular flexibility index (Phi) is 5.11. The Bertz CT molecular complexity index is 439. The Morgan fingerprint density at radius 2 is 2.22 bits per heavy atom. The Hall–Kier alpha value is -1.13. The van der Waals surface area contributed by atoms with E-state index >= 15 is 0 Å². The predicted octanol–water partition coefficient (Wildman–Crippen LogP) is 2.12. The van der Waals surface area contributed by atoms with Crippen LogP contribution in [0.1, 0.15) is 28.8 Å². The van der Waals surface area contributed by atoms with Gasteiger partial charge in [0.05, 0.1) is 0 Å². The lowest BCUT2D eigenvalue weighted by Gasteiger charge is -2.31. The van der Waals surface area contributed by atoms with Crippen molar-refractivity contribution in [2.45, 2.75) is 25.8 Å². The zero-order valence-electron chi connectivity index (χ0n) is 10.4. The third kappa shape index (κ3) is 3.21. The van der Waals surface area contributed by atoms with E-state index in [4.69, 9.17) is 5.73 Å². The van der Waals surface area contributed by atoms with E-state index in [9.17, 15) is 9.18 Å². The molecule has 0 aromatic heterocycles. The molecule has 1 amide bonds. The van der Waals surface area contributed by atoms with Crippen molar-refractivity contribution in [1.29, 1.82) is 0 Å². The molecule has 1 heterocycles. The second-order valence-electron chi connectivity index (χ2n) is 4.61. The van der Waals surface area contributed by atoms with Crippen molar-refractivity contribution in [3.8, 4) is 0 Å². The first-order valence-corrected chi connectivity index (χ1v) is 5.89. The van der Waals surface area contributed by atoms with Crippen LogP contribution in [0.4, 0.5) is 4.39 Å². The average Bonchev–Trinajstić information content (AvgIpc) is 2.28. The fourth-order valence-corrected chi connectivity index (χ4v) is 2.23. The van der Waals surface area contributed by atoms with Gasteiger partial charge in [0.25, 0.3) is 5.91 Å². The molecule has 0 unspecified atom stereocenters. The molecule has 1 aromatic rings. The second kappa shape index (κ2) is 6.16. The quantitative estimate of drug-likeness (QED) is 0.851. The van der Waals surface area contributed by atoms with Crippen molar-refractivity contribution in [2.24, 2.45) is 5.73 Å². The van der Waals surface area contributed by atoms with E-state index in [0.717, 1.165) is 19.4 Å². The summed E-state index contributed by atoms with van der Waals surface area (Å²) in [5.41, 5.74) is 7.09. The van der Waals surface area contributed by atoms with Gasteiger partial charge >= 0.3 is 0 Å². The molecule has 100 valence electrons. The molecule has 1 saturated heterocycles.